The highest BCUT2D eigenvalue weighted by atomic mass is 16.5. The van der Waals surface area contributed by atoms with E-state index in [0.29, 0.717) is 17.1 Å². The predicted molar refractivity (Wildman–Crippen MR) is 65.4 cm³/mol. The van der Waals surface area contributed by atoms with Crippen LogP contribution in [0.25, 0.3) is 0 Å². The second-order valence-corrected chi connectivity index (χ2v) is 3.81. The van der Waals surface area contributed by atoms with E-state index in [4.69, 9.17) is 9.47 Å². The molecule has 0 spiro atoms. The Morgan fingerprint density at radius 1 is 1.24 bits per heavy atom. The maximum Gasteiger partial charge on any atom is 0.269 e. The van der Waals surface area contributed by atoms with E-state index >= 15 is 0 Å². The third-order valence-corrected chi connectivity index (χ3v) is 2.35. The Labute approximate surface area is 101 Å². The van der Waals surface area contributed by atoms with E-state index in [1.807, 2.05) is 6.92 Å². The van der Waals surface area contributed by atoms with E-state index < -0.39 is 0 Å². The lowest BCUT2D eigenvalue weighted by atomic mass is 10.1. The van der Waals surface area contributed by atoms with Crippen molar-refractivity contribution in [2.24, 2.45) is 0 Å². The first kappa shape index (κ1) is 13.3. The average molecular weight is 238 g/mol. The summed E-state index contributed by atoms with van der Waals surface area (Å²) in [6.07, 6.45) is 0. The van der Waals surface area contributed by atoms with Gasteiger partial charge in [-0.1, -0.05) is 0 Å². The highest BCUT2D eigenvalue weighted by molar-refractivity contribution is 5.97. The fourth-order valence-corrected chi connectivity index (χ4v) is 1.60. The molecule has 0 unspecified atom stereocenters. The van der Waals surface area contributed by atoms with Crippen molar-refractivity contribution in [3.05, 3.63) is 23.3 Å². The predicted octanol–water partition coefficient (Wildman–Crippen LogP) is 1.22. The number of amides is 1. The normalized spacial score (nSPS) is 10.2. The van der Waals surface area contributed by atoms with E-state index in [-0.39, 0.29) is 5.91 Å². The van der Waals surface area contributed by atoms with Crippen molar-refractivity contribution >= 4 is 5.91 Å². The van der Waals surface area contributed by atoms with E-state index in [9.17, 15) is 4.79 Å². The molecule has 0 aromatic heterocycles. The van der Waals surface area contributed by atoms with Crippen LogP contribution in [0.5, 0.6) is 11.5 Å². The van der Waals surface area contributed by atoms with Gasteiger partial charge in [0, 0.05) is 19.7 Å². The summed E-state index contributed by atoms with van der Waals surface area (Å²) >= 11 is 0. The molecule has 1 amide bonds. The minimum absolute atomic E-state index is 0.211. The standard InChI is InChI=1S/C12H18N2O3/c1-8-10(16-4)7-6-9(11(8)17-5)12(15)13-14(2)3/h6-7H,1-5H3,(H,13,15). The first-order chi connectivity index (χ1) is 8.01. The molecule has 0 aliphatic heterocycles. The number of hydrogen-bond acceptors (Lipinski definition) is 4. The minimum Gasteiger partial charge on any atom is -0.496 e. The molecular formula is C12H18N2O3. The highest BCUT2D eigenvalue weighted by Gasteiger charge is 2.17. The number of carbonyl (C=O) groups excluding carboxylic acids is 1. The van der Waals surface area contributed by atoms with Crippen LogP contribution in [0.3, 0.4) is 0 Å². The van der Waals surface area contributed by atoms with Crippen LogP contribution >= 0.6 is 0 Å². The van der Waals surface area contributed by atoms with Crippen LogP contribution in [-0.4, -0.2) is 39.2 Å². The molecule has 1 N–H and O–H groups in total. The van der Waals surface area contributed by atoms with Crippen molar-refractivity contribution in [3.63, 3.8) is 0 Å². The van der Waals surface area contributed by atoms with Crippen LogP contribution in [0.4, 0.5) is 0 Å². The third kappa shape index (κ3) is 2.88. The number of nitrogens with zero attached hydrogens (tertiary/aromatic N) is 1. The Hall–Kier alpha value is -1.75. The van der Waals surface area contributed by atoms with Crippen LogP contribution in [0.2, 0.25) is 0 Å². The maximum atomic E-state index is 11.9. The highest BCUT2D eigenvalue weighted by Crippen LogP contribution is 2.31. The van der Waals surface area contributed by atoms with Gasteiger partial charge in [-0.05, 0) is 19.1 Å². The Morgan fingerprint density at radius 3 is 2.35 bits per heavy atom. The number of hydrogen-bond donors (Lipinski definition) is 1. The second-order valence-electron chi connectivity index (χ2n) is 3.81. The van der Waals surface area contributed by atoms with Crippen molar-refractivity contribution < 1.29 is 14.3 Å². The molecule has 0 aliphatic carbocycles. The molecule has 5 nitrogen and oxygen atoms in total. The third-order valence-electron chi connectivity index (χ3n) is 2.35. The summed E-state index contributed by atoms with van der Waals surface area (Å²) in [7, 11) is 6.62. The fraction of sp³-hybridized carbons (Fsp3) is 0.417. The van der Waals surface area contributed by atoms with Gasteiger partial charge in [-0.15, -0.1) is 0 Å². The van der Waals surface area contributed by atoms with E-state index in [2.05, 4.69) is 5.43 Å². The zero-order valence-electron chi connectivity index (χ0n) is 10.8. The van der Waals surface area contributed by atoms with Gasteiger partial charge in [0.1, 0.15) is 11.5 Å². The van der Waals surface area contributed by atoms with Gasteiger partial charge in [-0.2, -0.15) is 0 Å². The first-order valence-electron chi connectivity index (χ1n) is 5.21. The molecule has 5 heteroatoms. The smallest absolute Gasteiger partial charge is 0.269 e. The van der Waals surface area contributed by atoms with Crippen molar-refractivity contribution in [1.82, 2.24) is 10.4 Å². The zero-order chi connectivity index (χ0) is 13.0. The molecule has 0 atom stereocenters. The number of carbonyl (C=O) groups is 1. The molecule has 17 heavy (non-hydrogen) atoms. The van der Waals surface area contributed by atoms with E-state index in [0.717, 1.165) is 5.56 Å². The van der Waals surface area contributed by atoms with Gasteiger partial charge >= 0.3 is 0 Å². The van der Waals surface area contributed by atoms with Gasteiger partial charge < -0.3 is 9.47 Å². The first-order valence-corrected chi connectivity index (χ1v) is 5.21. The van der Waals surface area contributed by atoms with Gasteiger partial charge in [0.15, 0.2) is 0 Å². The molecule has 0 aliphatic rings. The molecule has 1 aromatic carbocycles. The summed E-state index contributed by atoms with van der Waals surface area (Å²) < 4.78 is 10.4. The maximum absolute atomic E-state index is 11.9. The molecule has 94 valence electrons. The van der Waals surface area contributed by atoms with E-state index in [1.54, 1.807) is 38.3 Å². The zero-order valence-corrected chi connectivity index (χ0v) is 10.8. The number of rotatable bonds is 4. The molecule has 1 rings (SSSR count). The number of benzene rings is 1. The van der Waals surface area contributed by atoms with Crippen molar-refractivity contribution in [2.75, 3.05) is 28.3 Å². The lowest BCUT2D eigenvalue weighted by molar-refractivity contribution is 0.0853. The monoisotopic (exact) mass is 238 g/mol. The van der Waals surface area contributed by atoms with Gasteiger partial charge in [-0.25, -0.2) is 5.01 Å². The molecule has 0 bridgehead atoms. The summed E-state index contributed by atoms with van der Waals surface area (Å²) in [5.41, 5.74) is 3.96. The van der Waals surface area contributed by atoms with Crippen molar-refractivity contribution in [1.29, 1.82) is 0 Å². The second kappa shape index (κ2) is 5.54. The summed E-state index contributed by atoms with van der Waals surface area (Å²) in [5.74, 6) is 1.02. The van der Waals surface area contributed by atoms with Crippen LogP contribution in [-0.2, 0) is 0 Å². The SMILES string of the molecule is COc1ccc(C(=O)NN(C)C)c(OC)c1C. The number of nitrogens with one attached hydrogen (secondary N) is 1. The quantitative estimate of drug-likeness (QED) is 0.801. The Kier molecular flexibility index (Phi) is 4.34. The Bertz CT molecular complexity index is 416. The summed E-state index contributed by atoms with van der Waals surface area (Å²) in [5, 5.41) is 1.58. The van der Waals surface area contributed by atoms with Crippen LogP contribution < -0.4 is 14.9 Å². The Balaban J connectivity index is 3.16. The number of methoxy groups -OCH3 is 2. The van der Waals surface area contributed by atoms with Gasteiger partial charge in [0.05, 0.1) is 19.8 Å². The van der Waals surface area contributed by atoms with Gasteiger partial charge in [0.25, 0.3) is 5.91 Å². The van der Waals surface area contributed by atoms with Gasteiger partial charge in [0.2, 0.25) is 0 Å². The molecule has 0 fully saturated rings. The molecule has 1 aromatic rings. The minimum atomic E-state index is -0.211. The molecular weight excluding hydrogens is 220 g/mol. The Morgan fingerprint density at radius 2 is 1.88 bits per heavy atom. The number of hydrazine groups is 1. The van der Waals surface area contributed by atoms with Crippen LogP contribution in [0.15, 0.2) is 12.1 Å². The molecule has 0 saturated carbocycles. The summed E-state index contributed by atoms with van der Waals surface area (Å²) in [6.45, 7) is 1.85. The fourth-order valence-electron chi connectivity index (χ4n) is 1.60. The molecule has 0 saturated heterocycles. The molecule has 0 radical (unpaired) electrons. The van der Waals surface area contributed by atoms with Crippen molar-refractivity contribution in [2.45, 2.75) is 6.92 Å². The number of ether oxygens (including phenoxy) is 2. The van der Waals surface area contributed by atoms with Gasteiger partial charge in [-0.3, -0.25) is 10.2 Å². The summed E-state index contributed by atoms with van der Waals surface area (Å²) in [4.78, 5) is 11.9. The summed E-state index contributed by atoms with van der Waals surface area (Å²) in [6, 6.07) is 3.44. The van der Waals surface area contributed by atoms with Crippen LogP contribution in [0, 0.1) is 6.92 Å². The topological polar surface area (TPSA) is 50.8 Å². The molecule has 0 heterocycles. The average Bonchev–Trinajstić information content (AvgIpc) is 2.27. The van der Waals surface area contributed by atoms with Crippen molar-refractivity contribution in [3.8, 4) is 11.5 Å². The lowest BCUT2D eigenvalue weighted by Crippen LogP contribution is -2.36. The lowest BCUT2D eigenvalue weighted by Gasteiger charge is -2.16. The van der Waals surface area contributed by atoms with Crippen LogP contribution in [0.1, 0.15) is 15.9 Å². The largest absolute Gasteiger partial charge is 0.496 e. The van der Waals surface area contributed by atoms with E-state index in [1.165, 1.54) is 7.11 Å².